The lowest BCUT2D eigenvalue weighted by molar-refractivity contribution is -0.220. The van der Waals surface area contributed by atoms with Gasteiger partial charge in [0.2, 0.25) is 0 Å². The van der Waals surface area contributed by atoms with Crippen molar-refractivity contribution in [2.45, 2.75) is 236 Å². The molecule has 6 N–H and O–H groups in total. The summed E-state index contributed by atoms with van der Waals surface area (Å²) in [5, 5.41) is 50.3. The van der Waals surface area contributed by atoms with Gasteiger partial charge in [-0.2, -0.15) is 0 Å². The maximum Gasteiger partial charge on any atom is 0.472 e. The van der Waals surface area contributed by atoms with Gasteiger partial charge in [-0.3, -0.25) is 18.6 Å². The fourth-order valence-corrected chi connectivity index (χ4v) is 8.40. The molecule has 0 spiro atoms. The summed E-state index contributed by atoms with van der Waals surface area (Å²) in [6.07, 6.45) is 40.9. The number of rotatable bonds is 42. The number of carbonyl (C=O) groups excluding carboxylic acids is 2. The van der Waals surface area contributed by atoms with Gasteiger partial charge in [-0.05, 0) is 83.5 Å². The van der Waals surface area contributed by atoms with Crippen molar-refractivity contribution in [1.29, 1.82) is 0 Å². The van der Waals surface area contributed by atoms with Gasteiger partial charge in [0.15, 0.2) is 6.10 Å². The zero-order chi connectivity index (χ0) is 49.2. The Labute approximate surface area is 404 Å². The highest BCUT2D eigenvalue weighted by Gasteiger charge is 2.51. The lowest BCUT2D eigenvalue weighted by atomic mass is 9.85. The monoisotopic (exact) mass is 967 g/mol. The number of aliphatic hydroxyl groups excluding tert-OH is 5. The average molecular weight is 967 g/mol. The van der Waals surface area contributed by atoms with Crippen LogP contribution in [0.1, 0.15) is 194 Å². The van der Waals surface area contributed by atoms with E-state index in [2.05, 4.69) is 86.8 Å². The third kappa shape index (κ3) is 34.3. The molecule has 6 atom stereocenters. The molecule has 0 aromatic rings. The van der Waals surface area contributed by atoms with Crippen molar-refractivity contribution < 1.29 is 63.1 Å². The van der Waals surface area contributed by atoms with E-state index < -0.39 is 75.7 Å². The molecule has 14 heteroatoms. The van der Waals surface area contributed by atoms with E-state index in [1.54, 1.807) is 0 Å². The molecular formula is C53H91O13P. The van der Waals surface area contributed by atoms with Gasteiger partial charge >= 0.3 is 19.8 Å². The number of esters is 2. The molecule has 0 saturated heterocycles. The molecule has 386 valence electrons. The molecule has 13 nitrogen and oxygen atoms in total. The molecule has 0 aromatic carbocycles. The standard InChI is InChI=1S/C53H91O13P/c1-3-5-7-9-11-13-15-17-19-21-23-25-27-29-31-33-35-37-39-41-46(54)63-43-45(44-64-67(61,62)66-53-51(59)49(57)48(56)50(58)52(53)60)65-47(55)42-40-38-36-34-32-30-28-26-24-22-20-18-16-14-12-10-8-6-4-2/h6,8,12,14,17-20,24,26,30,32,45,48-53,56-60H,3-5,7,9-11,13,15-16,21-23,25,27-29,31,33-44H2,1-2H3,(H,61,62)/b8-6-,14-12-,19-17-,20-18-,26-24-,32-30-. The number of unbranched alkanes of at least 4 members (excludes halogenated alkanes) is 18. The number of ether oxygens (including phenoxy) is 2. The minimum atomic E-state index is -5.14. The van der Waals surface area contributed by atoms with Crippen LogP contribution >= 0.6 is 7.82 Å². The number of hydrogen-bond donors (Lipinski definition) is 6. The second kappa shape index (κ2) is 42.2. The molecule has 1 rings (SSSR count). The van der Waals surface area contributed by atoms with Crippen LogP contribution in [0.3, 0.4) is 0 Å². The highest BCUT2D eigenvalue weighted by Crippen LogP contribution is 2.47. The topological polar surface area (TPSA) is 210 Å². The molecule has 1 aliphatic carbocycles. The lowest BCUT2D eigenvalue weighted by Gasteiger charge is -2.41. The summed E-state index contributed by atoms with van der Waals surface area (Å²) in [7, 11) is -5.14. The van der Waals surface area contributed by atoms with E-state index in [1.807, 2.05) is 0 Å². The normalized spacial score (nSPS) is 21.7. The van der Waals surface area contributed by atoms with E-state index in [-0.39, 0.29) is 12.8 Å². The summed E-state index contributed by atoms with van der Waals surface area (Å²) in [6.45, 7) is 3.17. The molecule has 0 bridgehead atoms. The first kappa shape index (κ1) is 62.3. The molecule has 0 radical (unpaired) electrons. The van der Waals surface area contributed by atoms with E-state index in [9.17, 15) is 44.6 Å². The molecular weight excluding hydrogens is 876 g/mol. The third-order valence-electron chi connectivity index (χ3n) is 11.5. The number of carbonyl (C=O) groups is 2. The number of aliphatic hydroxyl groups is 5. The number of phosphoric acid groups is 1. The van der Waals surface area contributed by atoms with Crippen LogP contribution in [-0.4, -0.2) is 98.3 Å². The largest absolute Gasteiger partial charge is 0.472 e. The average Bonchev–Trinajstić information content (AvgIpc) is 3.31. The van der Waals surface area contributed by atoms with Crippen molar-refractivity contribution in [3.05, 3.63) is 72.9 Å². The van der Waals surface area contributed by atoms with Crippen molar-refractivity contribution >= 4 is 19.8 Å². The predicted molar refractivity (Wildman–Crippen MR) is 267 cm³/mol. The van der Waals surface area contributed by atoms with Crippen molar-refractivity contribution in [3.63, 3.8) is 0 Å². The molecule has 67 heavy (non-hydrogen) atoms. The lowest BCUT2D eigenvalue weighted by Crippen LogP contribution is -2.64. The summed E-state index contributed by atoms with van der Waals surface area (Å²) in [5.74, 6) is -1.14. The Morgan fingerprint density at radius 1 is 0.478 bits per heavy atom. The molecule has 0 heterocycles. The first-order chi connectivity index (χ1) is 32.4. The summed E-state index contributed by atoms with van der Waals surface area (Å²) in [5.41, 5.74) is 0. The van der Waals surface area contributed by atoms with Crippen LogP contribution in [0.4, 0.5) is 0 Å². The minimum Gasteiger partial charge on any atom is -0.462 e. The van der Waals surface area contributed by atoms with Crippen LogP contribution in [0.15, 0.2) is 72.9 Å². The van der Waals surface area contributed by atoms with Crippen LogP contribution < -0.4 is 0 Å². The van der Waals surface area contributed by atoms with Crippen LogP contribution in [0.5, 0.6) is 0 Å². The van der Waals surface area contributed by atoms with E-state index >= 15 is 0 Å². The maximum absolute atomic E-state index is 12.9. The Morgan fingerprint density at radius 3 is 1.33 bits per heavy atom. The van der Waals surface area contributed by atoms with Crippen molar-refractivity contribution in [2.75, 3.05) is 13.2 Å². The van der Waals surface area contributed by atoms with Gasteiger partial charge in [-0.15, -0.1) is 0 Å². The Hall–Kier alpha value is -2.71. The van der Waals surface area contributed by atoms with Gasteiger partial charge in [-0.1, -0.05) is 170 Å². The Morgan fingerprint density at radius 2 is 0.851 bits per heavy atom. The summed E-state index contributed by atoms with van der Waals surface area (Å²) >= 11 is 0. The highest BCUT2D eigenvalue weighted by atomic mass is 31.2. The van der Waals surface area contributed by atoms with Gasteiger partial charge in [0.05, 0.1) is 6.61 Å². The van der Waals surface area contributed by atoms with Crippen LogP contribution in [0.25, 0.3) is 0 Å². The van der Waals surface area contributed by atoms with Crippen molar-refractivity contribution in [2.24, 2.45) is 0 Å². The number of allylic oxidation sites excluding steroid dienone is 12. The number of hydrogen-bond acceptors (Lipinski definition) is 12. The van der Waals surface area contributed by atoms with E-state index in [0.717, 1.165) is 83.5 Å². The molecule has 0 aromatic heterocycles. The molecule has 0 amide bonds. The van der Waals surface area contributed by atoms with Gasteiger partial charge in [-0.25, -0.2) is 4.57 Å². The van der Waals surface area contributed by atoms with E-state index in [4.69, 9.17) is 18.5 Å². The van der Waals surface area contributed by atoms with Gasteiger partial charge in [0.25, 0.3) is 0 Å². The quantitative estimate of drug-likeness (QED) is 0.0146. The molecule has 0 aliphatic heterocycles. The molecule has 1 aliphatic rings. The van der Waals surface area contributed by atoms with E-state index in [1.165, 1.54) is 70.6 Å². The van der Waals surface area contributed by atoms with Gasteiger partial charge in [0, 0.05) is 12.8 Å². The summed E-state index contributed by atoms with van der Waals surface area (Å²) < 4.78 is 33.6. The Balaban J connectivity index is 2.43. The van der Waals surface area contributed by atoms with Crippen LogP contribution in [0.2, 0.25) is 0 Å². The summed E-state index contributed by atoms with van der Waals surface area (Å²) in [4.78, 5) is 35.8. The molecule has 6 unspecified atom stereocenters. The first-order valence-corrected chi connectivity index (χ1v) is 27.2. The zero-order valence-corrected chi connectivity index (χ0v) is 42.1. The van der Waals surface area contributed by atoms with Crippen LogP contribution in [0, 0.1) is 0 Å². The maximum atomic E-state index is 12.9. The van der Waals surface area contributed by atoms with Gasteiger partial charge < -0.3 is 39.9 Å². The zero-order valence-electron chi connectivity index (χ0n) is 41.2. The van der Waals surface area contributed by atoms with Gasteiger partial charge in [0.1, 0.15) is 43.2 Å². The first-order valence-electron chi connectivity index (χ1n) is 25.7. The fourth-order valence-electron chi connectivity index (χ4n) is 7.43. The predicted octanol–water partition coefficient (Wildman–Crippen LogP) is 11.1. The SMILES string of the molecule is CC/C=C\C/C=C\C/C=C\C/C=C\C/C=C\CCCCCC(=O)OC(COC(=O)CCCCCCCCCCC/C=C\CCCCCCCC)COP(=O)(O)OC1C(O)C(O)C(O)C(O)C1O. The molecule has 1 fully saturated rings. The number of phosphoric ester groups is 1. The van der Waals surface area contributed by atoms with E-state index in [0.29, 0.717) is 12.8 Å². The smallest absolute Gasteiger partial charge is 0.462 e. The second-order valence-corrected chi connectivity index (χ2v) is 19.0. The fraction of sp³-hybridized carbons (Fsp3) is 0.736. The summed E-state index contributed by atoms with van der Waals surface area (Å²) in [6, 6.07) is 0. The minimum absolute atomic E-state index is 0.0542. The third-order valence-corrected chi connectivity index (χ3v) is 12.5. The highest BCUT2D eigenvalue weighted by molar-refractivity contribution is 7.47. The van der Waals surface area contributed by atoms with Crippen molar-refractivity contribution in [1.82, 2.24) is 0 Å². The molecule has 1 saturated carbocycles. The second-order valence-electron chi connectivity index (χ2n) is 17.6. The Kier molecular flexibility index (Phi) is 39.2. The Bertz CT molecular complexity index is 1440. The van der Waals surface area contributed by atoms with Crippen molar-refractivity contribution in [3.8, 4) is 0 Å². The van der Waals surface area contributed by atoms with Crippen LogP contribution in [-0.2, 0) is 32.7 Å².